The van der Waals surface area contributed by atoms with Gasteiger partial charge >= 0.3 is 0 Å². The average Bonchev–Trinajstić information content (AvgIpc) is 3.17. The van der Waals surface area contributed by atoms with Gasteiger partial charge in [0.05, 0.1) is 26.4 Å². The summed E-state index contributed by atoms with van der Waals surface area (Å²) in [6, 6.07) is 17.8. The van der Waals surface area contributed by atoms with E-state index in [0.717, 1.165) is 62.2 Å². The highest BCUT2D eigenvalue weighted by Gasteiger charge is 2.26. The maximum Gasteiger partial charge on any atom is 0.119 e. The molecule has 0 N–H and O–H groups in total. The van der Waals surface area contributed by atoms with Gasteiger partial charge in [0.15, 0.2) is 0 Å². The Kier molecular flexibility index (Phi) is 19.9. The highest BCUT2D eigenvalue weighted by atomic mass is 16.5. The average molecular weight is 699 g/mol. The molecule has 2 aromatic carbocycles. The number of benzene rings is 2. The number of rotatable bonds is 24. The summed E-state index contributed by atoms with van der Waals surface area (Å²) in [6.45, 7) is 11.9. The first-order valence-corrected chi connectivity index (χ1v) is 21.6. The standard InChI is InChI=1S/C48H74O3/c1-5-9-13-15-39-17-21-41(22-18-39)47(43-25-29-45(30-26-43)50-35-11-7-3)33-37-49-38-34-48(42-23-19-40(20-24-42)16-14-10-6-2)44-27-31-46(32-28-44)51-36-12-8-4/h25-34,39-42H,5-24,35-38H2,1-4H3/t39-,40-,41-,42-. The molecular weight excluding hydrogens is 625 g/mol. The maximum atomic E-state index is 6.47. The molecule has 2 fully saturated rings. The van der Waals surface area contributed by atoms with Gasteiger partial charge in [-0.3, -0.25) is 0 Å². The van der Waals surface area contributed by atoms with E-state index >= 15 is 0 Å². The Morgan fingerprint density at radius 3 is 1.22 bits per heavy atom. The summed E-state index contributed by atoms with van der Waals surface area (Å²) in [6.07, 6.45) is 31.0. The molecule has 0 amide bonds. The Morgan fingerprint density at radius 1 is 0.490 bits per heavy atom. The summed E-state index contributed by atoms with van der Waals surface area (Å²) in [5.74, 6) is 5.00. The third-order valence-corrected chi connectivity index (χ3v) is 11.8. The Balaban J connectivity index is 1.43. The number of unbranched alkanes of at least 4 members (excludes halogenated alkanes) is 6. The van der Waals surface area contributed by atoms with E-state index in [-0.39, 0.29) is 0 Å². The summed E-state index contributed by atoms with van der Waals surface area (Å²) in [4.78, 5) is 0. The van der Waals surface area contributed by atoms with Crippen LogP contribution in [0.3, 0.4) is 0 Å². The smallest absolute Gasteiger partial charge is 0.119 e. The largest absolute Gasteiger partial charge is 0.494 e. The molecule has 0 saturated heterocycles. The lowest BCUT2D eigenvalue weighted by atomic mass is 9.75. The van der Waals surface area contributed by atoms with E-state index in [1.807, 2.05) is 0 Å². The molecule has 2 aliphatic rings. The van der Waals surface area contributed by atoms with Crippen molar-refractivity contribution in [2.45, 2.75) is 156 Å². The molecule has 0 unspecified atom stereocenters. The van der Waals surface area contributed by atoms with E-state index < -0.39 is 0 Å². The predicted molar refractivity (Wildman–Crippen MR) is 220 cm³/mol. The van der Waals surface area contributed by atoms with Gasteiger partial charge in [-0.15, -0.1) is 0 Å². The summed E-state index contributed by atoms with van der Waals surface area (Å²) in [5.41, 5.74) is 5.63. The summed E-state index contributed by atoms with van der Waals surface area (Å²) < 4.78 is 18.5. The van der Waals surface area contributed by atoms with Crippen molar-refractivity contribution in [2.24, 2.45) is 23.7 Å². The molecule has 0 bridgehead atoms. The molecule has 2 aliphatic carbocycles. The van der Waals surface area contributed by atoms with Crippen LogP contribution in [-0.2, 0) is 4.74 Å². The van der Waals surface area contributed by atoms with Crippen LogP contribution in [0.15, 0.2) is 60.7 Å². The zero-order valence-corrected chi connectivity index (χ0v) is 33.3. The SMILES string of the molecule is CCCCC[C@H]1CC[C@H](C(=CCOCC=C(c2ccc(OCCCC)cc2)[C@H]2CC[C@H](CCCCC)CC2)c2ccc(OCCCC)cc2)CC1. The van der Waals surface area contributed by atoms with Crippen molar-refractivity contribution >= 4 is 11.1 Å². The molecule has 0 atom stereocenters. The molecule has 0 aliphatic heterocycles. The van der Waals surface area contributed by atoms with E-state index in [4.69, 9.17) is 14.2 Å². The van der Waals surface area contributed by atoms with Crippen LogP contribution in [0.5, 0.6) is 11.5 Å². The normalized spacial score (nSPS) is 21.5. The van der Waals surface area contributed by atoms with Crippen LogP contribution in [0.4, 0.5) is 0 Å². The van der Waals surface area contributed by atoms with E-state index in [0.29, 0.717) is 25.0 Å². The van der Waals surface area contributed by atoms with Gasteiger partial charge < -0.3 is 14.2 Å². The number of hydrogen-bond donors (Lipinski definition) is 0. The van der Waals surface area contributed by atoms with Crippen molar-refractivity contribution in [1.82, 2.24) is 0 Å². The van der Waals surface area contributed by atoms with Crippen LogP contribution in [0.25, 0.3) is 11.1 Å². The summed E-state index contributed by atoms with van der Waals surface area (Å²) >= 11 is 0. The minimum Gasteiger partial charge on any atom is -0.494 e. The van der Waals surface area contributed by atoms with Gasteiger partial charge in [0, 0.05) is 0 Å². The highest BCUT2D eigenvalue weighted by molar-refractivity contribution is 5.69. The fourth-order valence-corrected chi connectivity index (χ4v) is 8.45. The van der Waals surface area contributed by atoms with E-state index in [1.54, 1.807) is 0 Å². The number of allylic oxidation sites excluding steroid dienone is 2. The minimum absolute atomic E-state index is 0.611. The molecule has 0 spiro atoms. The van der Waals surface area contributed by atoms with E-state index in [1.165, 1.54) is 125 Å². The van der Waals surface area contributed by atoms with Gasteiger partial charge in [0.25, 0.3) is 0 Å². The zero-order chi connectivity index (χ0) is 35.9. The molecule has 2 aromatic rings. The summed E-state index contributed by atoms with van der Waals surface area (Å²) in [5, 5.41) is 0. The third-order valence-electron chi connectivity index (χ3n) is 11.8. The van der Waals surface area contributed by atoms with Crippen molar-refractivity contribution in [3.63, 3.8) is 0 Å². The van der Waals surface area contributed by atoms with Gasteiger partial charge in [-0.1, -0.05) is 128 Å². The van der Waals surface area contributed by atoms with Crippen molar-refractivity contribution in [3.8, 4) is 11.5 Å². The summed E-state index contributed by atoms with van der Waals surface area (Å²) in [7, 11) is 0. The van der Waals surface area contributed by atoms with Gasteiger partial charge in [0.2, 0.25) is 0 Å². The second-order valence-corrected chi connectivity index (χ2v) is 15.7. The minimum atomic E-state index is 0.611. The van der Waals surface area contributed by atoms with Crippen LogP contribution in [0, 0.1) is 23.7 Å². The molecule has 0 heterocycles. The van der Waals surface area contributed by atoms with Gasteiger partial charge in [-0.25, -0.2) is 0 Å². The van der Waals surface area contributed by atoms with Crippen LogP contribution >= 0.6 is 0 Å². The zero-order valence-electron chi connectivity index (χ0n) is 33.3. The Morgan fingerprint density at radius 2 is 0.863 bits per heavy atom. The van der Waals surface area contributed by atoms with Gasteiger partial charge in [-0.05, 0) is 134 Å². The topological polar surface area (TPSA) is 27.7 Å². The highest BCUT2D eigenvalue weighted by Crippen LogP contribution is 2.41. The third kappa shape index (κ3) is 14.8. The predicted octanol–water partition coefficient (Wildman–Crippen LogP) is 14.3. The fraction of sp³-hybridized carbons (Fsp3) is 0.667. The number of hydrogen-bond acceptors (Lipinski definition) is 3. The first kappa shape index (κ1) is 41.2. The molecular formula is C48H74O3. The van der Waals surface area contributed by atoms with Gasteiger partial charge in [0.1, 0.15) is 11.5 Å². The Bertz CT molecular complexity index is 1130. The second-order valence-electron chi connectivity index (χ2n) is 15.7. The molecule has 4 rings (SSSR count). The lowest BCUT2D eigenvalue weighted by Crippen LogP contribution is -2.17. The molecule has 0 radical (unpaired) electrons. The Hall–Kier alpha value is -2.52. The second kappa shape index (κ2) is 24.7. The van der Waals surface area contributed by atoms with Crippen LogP contribution in [-0.4, -0.2) is 26.4 Å². The van der Waals surface area contributed by atoms with E-state index in [2.05, 4.69) is 88.4 Å². The molecule has 51 heavy (non-hydrogen) atoms. The molecule has 0 aromatic heterocycles. The van der Waals surface area contributed by atoms with Crippen molar-refractivity contribution in [3.05, 3.63) is 71.8 Å². The maximum absolute atomic E-state index is 6.47. The van der Waals surface area contributed by atoms with Crippen molar-refractivity contribution in [1.29, 1.82) is 0 Å². The van der Waals surface area contributed by atoms with Crippen LogP contribution in [0.1, 0.15) is 167 Å². The first-order valence-electron chi connectivity index (χ1n) is 21.6. The lowest BCUT2D eigenvalue weighted by molar-refractivity contribution is 0.193. The molecule has 2 saturated carbocycles. The molecule has 284 valence electrons. The monoisotopic (exact) mass is 699 g/mol. The van der Waals surface area contributed by atoms with Crippen molar-refractivity contribution in [2.75, 3.05) is 26.4 Å². The first-order chi connectivity index (χ1) is 25.1. The van der Waals surface area contributed by atoms with Crippen LogP contribution < -0.4 is 9.47 Å². The van der Waals surface area contributed by atoms with Crippen LogP contribution in [0.2, 0.25) is 0 Å². The molecule has 3 nitrogen and oxygen atoms in total. The van der Waals surface area contributed by atoms with Gasteiger partial charge in [-0.2, -0.15) is 0 Å². The number of ether oxygens (including phenoxy) is 3. The lowest BCUT2D eigenvalue weighted by Gasteiger charge is -2.31. The Labute approximate surface area is 314 Å². The van der Waals surface area contributed by atoms with Crippen molar-refractivity contribution < 1.29 is 14.2 Å². The quantitative estimate of drug-likeness (QED) is 0.102. The molecule has 3 heteroatoms. The van der Waals surface area contributed by atoms with E-state index in [9.17, 15) is 0 Å². The fourth-order valence-electron chi connectivity index (χ4n) is 8.45.